The fraction of sp³-hybridized carbons (Fsp3) is 0.833. The minimum absolute atomic E-state index is 0.738. The van der Waals surface area contributed by atoms with Gasteiger partial charge < -0.3 is 4.74 Å². The van der Waals surface area contributed by atoms with Gasteiger partial charge in [0, 0.05) is 13.1 Å². The minimum atomic E-state index is 0.738. The van der Waals surface area contributed by atoms with E-state index in [4.69, 9.17) is 4.74 Å². The molecule has 14 heavy (non-hydrogen) atoms. The van der Waals surface area contributed by atoms with Gasteiger partial charge in [-0.15, -0.1) is 0 Å². The Hall–Kier alpha value is -0.340. The summed E-state index contributed by atoms with van der Waals surface area (Å²) < 4.78 is 5.26. The maximum atomic E-state index is 5.26. The summed E-state index contributed by atoms with van der Waals surface area (Å²) in [6, 6.07) is 0.738. The van der Waals surface area contributed by atoms with Gasteiger partial charge in [-0.25, -0.2) is 0 Å². The van der Waals surface area contributed by atoms with E-state index in [9.17, 15) is 0 Å². The molecule has 1 aliphatic carbocycles. The standard InChI is InChI=1S/C12H19NO/c1-2-10(11-3-4-11)5-7-13(6-1)12-8-14-9-12/h2,11-12H,1,3-9H2. The number of nitrogens with zero attached hydrogens (tertiary/aromatic N) is 1. The first-order valence-corrected chi connectivity index (χ1v) is 5.94. The lowest BCUT2D eigenvalue weighted by Crippen LogP contribution is -2.49. The Morgan fingerprint density at radius 1 is 1.21 bits per heavy atom. The highest BCUT2D eigenvalue weighted by Crippen LogP contribution is 2.39. The van der Waals surface area contributed by atoms with Crippen molar-refractivity contribution in [1.29, 1.82) is 0 Å². The van der Waals surface area contributed by atoms with Crippen molar-refractivity contribution in [2.24, 2.45) is 5.92 Å². The first kappa shape index (κ1) is 8.93. The molecular weight excluding hydrogens is 174 g/mol. The van der Waals surface area contributed by atoms with Gasteiger partial charge in [-0.05, 0) is 31.6 Å². The molecule has 0 atom stereocenters. The van der Waals surface area contributed by atoms with E-state index in [0.717, 1.165) is 25.2 Å². The summed E-state index contributed by atoms with van der Waals surface area (Å²) >= 11 is 0. The van der Waals surface area contributed by atoms with Crippen LogP contribution in [0, 0.1) is 5.92 Å². The van der Waals surface area contributed by atoms with E-state index in [1.54, 1.807) is 5.57 Å². The van der Waals surface area contributed by atoms with Gasteiger partial charge in [-0.2, -0.15) is 0 Å². The van der Waals surface area contributed by atoms with Crippen molar-refractivity contribution in [2.45, 2.75) is 31.7 Å². The highest BCUT2D eigenvalue weighted by molar-refractivity contribution is 5.14. The fourth-order valence-electron chi connectivity index (χ4n) is 2.53. The molecule has 3 aliphatic rings. The molecule has 0 spiro atoms. The Kier molecular flexibility index (Phi) is 2.34. The Morgan fingerprint density at radius 2 is 2.07 bits per heavy atom. The molecule has 1 saturated heterocycles. The second-order valence-electron chi connectivity index (χ2n) is 4.82. The lowest BCUT2D eigenvalue weighted by molar-refractivity contribution is -0.0633. The van der Waals surface area contributed by atoms with Crippen LogP contribution in [0.4, 0.5) is 0 Å². The maximum Gasteiger partial charge on any atom is 0.0645 e. The van der Waals surface area contributed by atoms with Crippen molar-refractivity contribution in [3.05, 3.63) is 11.6 Å². The van der Waals surface area contributed by atoms with Crippen LogP contribution < -0.4 is 0 Å². The molecule has 0 aromatic heterocycles. The summed E-state index contributed by atoms with van der Waals surface area (Å²) in [5.74, 6) is 0.979. The van der Waals surface area contributed by atoms with Crippen LogP contribution in [0.5, 0.6) is 0 Å². The molecule has 2 nitrogen and oxygen atoms in total. The molecule has 0 radical (unpaired) electrons. The predicted molar refractivity (Wildman–Crippen MR) is 56.2 cm³/mol. The van der Waals surface area contributed by atoms with Gasteiger partial charge in [-0.1, -0.05) is 11.6 Å². The molecule has 0 aromatic rings. The summed E-state index contributed by atoms with van der Waals surface area (Å²) in [6.07, 6.45) is 8.01. The second-order valence-corrected chi connectivity index (χ2v) is 4.82. The molecule has 0 unspecified atom stereocenters. The second kappa shape index (κ2) is 3.67. The van der Waals surface area contributed by atoms with Crippen molar-refractivity contribution < 1.29 is 4.74 Å². The molecule has 0 amide bonds. The van der Waals surface area contributed by atoms with E-state index in [2.05, 4.69) is 11.0 Å². The van der Waals surface area contributed by atoms with Gasteiger partial charge in [0.1, 0.15) is 0 Å². The van der Waals surface area contributed by atoms with E-state index in [-0.39, 0.29) is 0 Å². The predicted octanol–water partition coefficient (Wildman–Crippen LogP) is 1.82. The quantitative estimate of drug-likeness (QED) is 0.620. The third-order valence-electron chi connectivity index (χ3n) is 3.75. The minimum Gasteiger partial charge on any atom is -0.378 e. The Labute approximate surface area is 85.9 Å². The van der Waals surface area contributed by atoms with Crippen LogP contribution in [0.3, 0.4) is 0 Å². The van der Waals surface area contributed by atoms with Gasteiger partial charge in [0.15, 0.2) is 0 Å². The summed E-state index contributed by atoms with van der Waals surface area (Å²) in [4.78, 5) is 2.62. The lowest BCUT2D eigenvalue weighted by Gasteiger charge is -2.36. The Morgan fingerprint density at radius 3 is 2.71 bits per heavy atom. The van der Waals surface area contributed by atoms with Crippen LogP contribution in [-0.2, 0) is 4.74 Å². The number of ether oxygens (including phenoxy) is 1. The molecule has 1 saturated carbocycles. The van der Waals surface area contributed by atoms with Crippen molar-refractivity contribution >= 4 is 0 Å². The van der Waals surface area contributed by atoms with Crippen molar-refractivity contribution in [1.82, 2.24) is 4.90 Å². The van der Waals surface area contributed by atoms with E-state index in [0.29, 0.717) is 0 Å². The van der Waals surface area contributed by atoms with Crippen LogP contribution >= 0.6 is 0 Å². The molecule has 78 valence electrons. The molecular formula is C12H19NO. The molecule has 0 N–H and O–H groups in total. The number of hydrogen-bond donors (Lipinski definition) is 0. The zero-order chi connectivity index (χ0) is 9.38. The maximum absolute atomic E-state index is 5.26. The van der Waals surface area contributed by atoms with Gasteiger partial charge in [0.05, 0.1) is 19.3 Å². The molecule has 2 heterocycles. The molecule has 3 rings (SSSR count). The third-order valence-corrected chi connectivity index (χ3v) is 3.75. The van der Waals surface area contributed by atoms with Crippen LogP contribution in [0.2, 0.25) is 0 Å². The molecule has 2 aliphatic heterocycles. The monoisotopic (exact) mass is 193 g/mol. The van der Waals surface area contributed by atoms with E-state index < -0.39 is 0 Å². The highest BCUT2D eigenvalue weighted by Gasteiger charge is 2.30. The highest BCUT2D eigenvalue weighted by atomic mass is 16.5. The smallest absolute Gasteiger partial charge is 0.0645 e. The molecule has 2 fully saturated rings. The van der Waals surface area contributed by atoms with Gasteiger partial charge >= 0.3 is 0 Å². The average molecular weight is 193 g/mol. The number of hydrogen-bond acceptors (Lipinski definition) is 2. The average Bonchev–Trinajstić information content (AvgIpc) is 2.85. The first-order chi connectivity index (χ1) is 6.93. The largest absolute Gasteiger partial charge is 0.378 e. The van der Waals surface area contributed by atoms with Crippen LogP contribution in [0.1, 0.15) is 25.7 Å². The first-order valence-electron chi connectivity index (χ1n) is 5.94. The third kappa shape index (κ3) is 1.73. The summed E-state index contributed by atoms with van der Waals surface area (Å²) in [7, 11) is 0. The normalized spacial score (nSPS) is 30.7. The topological polar surface area (TPSA) is 12.5 Å². The summed E-state index contributed by atoms with van der Waals surface area (Å²) in [6.45, 7) is 4.47. The van der Waals surface area contributed by atoms with Crippen LogP contribution in [0.25, 0.3) is 0 Å². The Balaban J connectivity index is 1.56. The van der Waals surface area contributed by atoms with Crippen LogP contribution in [-0.4, -0.2) is 37.2 Å². The van der Waals surface area contributed by atoms with Crippen LogP contribution in [0.15, 0.2) is 11.6 Å². The van der Waals surface area contributed by atoms with E-state index in [1.807, 2.05) is 0 Å². The fourth-order valence-corrected chi connectivity index (χ4v) is 2.53. The molecule has 0 bridgehead atoms. The van der Waals surface area contributed by atoms with Gasteiger partial charge in [-0.3, -0.25) is 4.90 Å². The summed E-state index contributed by atoms with van der Waals surface area (Å²) in [5.41, 5.74) is 1.76. The summed E-state index contributed by atoms with van der Waals surface area (Å²) in [5, 5.41) is 0. The SMILES string of the molecule is C1=C(C2CC2)CCN(C2COC2)CC1. The van der Waals surface area contributed by atoms with Crippen molar-refractivity contribution in [2.75, 3.05) is 26.3 Å². The zero-order valence-corrected chi connectivity index (χ0v) is 8.74. The van der Waals surface area contributed by atoms with Crippen molar-refractivity contribution in [3.8, 4) is 0 Å². The zero-order valence-electron chi connectivity index (χ0n) is 8.74. The Bertz CT molecular complexity index is 241. The number of rotatable bonds is 2. The lowest BCUT2D eigenvalue weighted by atomic mass is 10.1. The van der Waals surface area contributed by atoms with Gasteiger partial charge in [0.25, 0.3) is 0 Å². The van der Waals surface area contributed by atoms with Gasteiger partial charge in [0.2, 0.25) is 0 Å². The molecule has 0 aromatic carbocycles. The molecule has 2 heteroatoms. The van der Waals surface area contributed by atoms with E-state index in [1.165, 1.54) is 38.8 Å². The van der Waals surface area contributed by atoms with E-state index >= 15 is 0 Å². The van der Waals surface area contributed by atoms with Crippen molar-refractivity contribution in [3.63, 3.8) is 0 Å².